The van der Waals surface area contributed by atoms with E-state index in [0.717, 1.165) is 5.56 Å². The smallest absolute Gasteiger partial charge is 0.265 e. The fraction of sp³-hybridized carbons (Fsp3) is 0.500. The van der Waals surface area contributed by atoms with Crippen LogP contribution in [0.15, 0.2) is 24.5 Å². The van der Waals surface area contributed by atoms with Gasteiger partial charge in [0.15, 0.2) is 0 Å². The van der Waals surface area contributed by atoms with Gasteiger partial charge in [-0.1, -0.05) is 0 Å². The van der Waals surface area contributed by atoms with Crippen LogP contribution >= 0.6 is 0 Å². The first-order valence-corrected chi connectivity index (χ1v) is 6.61. The zero-order chi connectivity index (χ0) is 11.6. The van der Waals surface area contributed by atoms with Crippen LogP contribution in [0.4, 0.5) is 0 Å². The molecule has 1 aromatic rings. The standard InChI is InChI=1S/C10H15N3O2S/c1-12(16(14,15)13-8-9-13)7-4-10-2-5-11-6-3-10/h2-3,5-6H,4,7-9H2,1H3. The van der Waals surface area contributed by atoms with Crippen molar-refractivity contribution in [2.24, 2.45) is 0 Å². The second-order valence-corrected chi connectivity index (χ2v) is 5.87. The van der Waals surface area contributed by atoms with Crippen LogP contribution in [0.3, 0.4) is 0 Å². The first-order chi connectivity index (χ1) is 7.60. The molecule has 16 heavy (non-hydrogen) atoms. The first kappa shape index (κ1) is 11.5. The fourth-order valence-corrected chi connectivity index (χ4v) is 2.68. The van der Waals surface area contributed by atoms with E-state index in [-0.39, 0.29) is 0 Å². The molecule has 0 aliphatic carbocycles. The van der Waals surface area contributed by atoms with E-state index in [2.05, 4.69) is 4.98 Å². The monoisotopic (exact) mass is 241 g/mol. The first-order valence-electron chi connectivity index (χ1n) is 5.21. The summed E-state index contributed by atoms with van der Waals surface area (Å²) in [6.07, 6.45) is 4.15. The lowest BCUT2D eigenvalue weighted by Gasteiger charge is -2.16. The quantitative estimate of drug-likeness (QED) is 0.688. The van der Waals surface area contributed by atoms with E-state index >= 15 is 0 Å². The van der Waals surface area contributed by atoms with Gasteiger partial charge in [0.2, 0.25) is 0 Å². The van der Waals surface area contributed by atoms with Gasteiger partial charge < -0.3 is 0 Å². The molecule has 1 aliphatic rings. The molecular formula is C10H15N3O2S. The highest BCUT2D eigenvalue weighted by Crippen LogP contribution is 2.15. The molecule has 2 heterocycles. The molecule has 0 radical (unpaired) electrons. The second kappa shape index (κ2) is 4.48. The molecule has 0 aromatic carbocycles. The Morgan fingerprint density at radius 3 is 2.56 bits per heavy atom. The van der Waals surface area contributed by atoms with E-state index in [1.54, 1.807) is 19.4 Å². The Balaban J connectivity index is 1.91. The predicted octanol–water partition coefficient (Wildman–Crippen LogP) is 0.116. The summed E-state index contributed by atoms with van der Waals surface area (Å²) in [5.74, 6) is 0. The molecule has 1 aromatic heterocycles. The van der Waals surface area contributed by atoms with Gasteiger partial charge >= 0.3 is 0 Å². The Labute approximate surface area is 95.9 Å². The van der Waals surface area contributed by atoms with E-state index < -0.39 is 10.2 Å². The minimum Gasteiger partial charge on any atom is -0.265 e. The molecule has 5 nitrogen and oxygen atoms in total. The number of nitrogens with zero attached hydrogens (tertiary/aromatic N) is 3. The van der Waals surface area contributed by atoms with Gasteiger partial charge in [0.05, 0.1) is 0 Å². The number of rotatable bonds is 5. The van der Waals surface area contributed by atoms with Crippen molar-refractivity contribution in [3.63, 3.8) is 0 Å². The van der Waals surface area contributed by atoms with Gasteiger partial charge in [0, 0.05) is 39.1 Å². The van der Waals surface area contributed by atoms with Crippen molar-refractivity contribution in [2.75, 3.05) is 26.7 Å². The highest BCUT2D eigenvalue weighted by molar-refractivity contribution is 7.87. The summed E-state index contributed by atoms with van der Waals surface area (Å²) in [6.45, 7) is 1.81. The van der Waals surface area contributed by atoms with Crippen molar-refractivity contribution in [3.8, 4) is 0 Å². The van der Waals surface area contributed by atoms with Crippen molar-refractivity contribution in [1.29, 1.82) is 0 Å². The van der Waals surface area contributed by atoms with Crippen molar-refractivity contribution in [1.82, 2.24) is 13.6 Å². The van der Waals surface area contributed by atoms with Crippen LogP contribution in [-0.4, -0.2) is 48.7 Å². The Morgan fingerprint density at radius 2 is 2.00 bits per heavy atom. The molecule has 0 spiro atoms. The lowest BCUT2D eigenvalue weighted by atomic mass is 10.2. The van der Waals surface area contributed by atoms with Gasteiger partial charge in [-0.15, -0.1) is 0 Å². The third kappa shape index (κ3) is 2.58. The molecule has 0 N–H and O–H groups in total. The fourth-order valence-electron chi connectivity index (χ4n) is 1.42. The Bertz CT molecular complexity index is 442. The summed E-state index contributed by atoms with van der Waals surface area (Å²) in [7, 11) is -1.57. The van der Waals surface area contributed by atoms with Gasteiger partial charge in [0.25, 0.3) is 10.2 Å². The average Bonchev–Trinajstić information content (AvgIpc) is 3.11. The lowest BCUT2D eigenvalue weighted by molar-refractivity contribution is 0.445. The summed E-state index contributed by atoms with van der Waals surface area (Å²) >= 11 is 0. The van der Waals surface area contributed by atoms with Crippen LogP contribution in [0.5, 0.6) is 0 Å². The van der Waals surface area contributed by atoms with E-state index in [4.69, 9.17) is 0 Å². The van der Waals surface area contributed by atoms with Gasteiger partial charge in [0.1, 0.15) is 0 Å². The second-order valence-electron chi connectivity index (χ2n) is 3.83. The van der Waals surface area contributed by atoms with E-state index in [0.29, 0.717) is 26.1 Å². The number of pyridine rings is 1. The molecule has 1 aliphatic heterocycles. The molecule has 0 saturated carbocycles. The van der Waals surface area contributed by atoms with Crippen LogP contribution in [0.25, 0.3) is 0 Å². The molecule has 6 heteroatoms. The molecule has 88 valence electrons. The van der Waals surface area contributed by atoms with E-state index in [1.807, 2.05) is 12.1 Å². The average molecular weight is 241 g/mol. The maximum atomic E-state index is 11.8. The molecule has 0 amide bonds. The lowest BCUT2D eigenvalue weighted by Crippen LogP contribution is -2.33. The molecule has 2 rings (SSSR count). The predicted molar refractivity (Wildman–Crippen MR) is 61.1 cm³/mol. The Morgan fingerprint density at radius 1 is 1.38 bits per heavy atom. The minimum absolute atomic E-state index is 0.503. The molecule has 1 saturated heterocycles. The number of hydrogen-bond donors (Lipinski definition) is 0. The highest BCUT2D eigenvalue weighted by Gasteiger charge is 2.34. The molecule has 0 unspecified atom stereocenters. The van der Waals surface area contributed by atoms with Gasteiger partial charge in [-0.05, 0) is 24.1 Å². The molecular weight excluding hydrogens is 226 g/mol. The summed E-state index contributed by atoms with van der Waals surface area (Å²) in [4.78, 5) is 3.92. The van der Waals surface area contributed by atoms with Gasteiger partial charge in [-0.3, -0.25) is 4.98 Å². The van der Waals surface area contributed by atoms with Gasteiger partial charge in [-0.2, -0.15) is 17.0 Å². The minimum atomic E-state index is -3.18. The van der Waals surface area contributed by atoms with Crippen LogP contribution in [0.1, 0.15) is 5.56 Å². The summed E-state index contributed by atoms with van der Waals surface area (Å²) in [5, 5.41) is 0. The Hall–Kier alpha value is -0.980. The zero-order valence-corrected chi connectivity index (χ0v) is 10.0. The maximum absolute atomic E-state index is 11.8. The van der Waals surface area contributed by atoms with E-state index in [1.165, 1.54) is 8.61 Å². The van der Waals surface area contributed by atoms with E-state index in [9.17, 15) is 8.42 Å². The summed E-state index contributed by atoms with van der Waals surface area (Å²) in [6, 6.07) is 3.80. The normalized spacial score (nSPS) is 16.6. The zero-order valence-electron chi connectivity index (χ0n) is 9.20. The summed E-state index contributed by atoms with van der Waals surface area (Å²) < 4.78 is 26.4. The third-order valence-corrected chi connectivity index (χ3v) is 4.58. The maximum Gasteiger partial charge on any atom is 0.281 e. The van der Waals surface area contributed by atoms with Crippen LogP contribution in [-0.2, 0) is 16.6 Å². The van der Waals surface area contributed by atoms with Gasteiger partial charge in [-0.25, -0.2) is 0 Å². The highest BCUT2D eigenvalue weighted by atomic mass is 32.2. The van der Waals surface area contributed by atoms with Crippen molar-refractivity contribution < 1.29 is 8.42 Å². The van der Waals surface area contributed by atoms with Crippen molar-refractivity contribution >= 4 is 10.2 Å². The van der Waals surface area contributed by atoms with Crippen molar-refractivity contribution in [2.45, 2.75) is 6.42 Å². The van der Waals surface area contributed by atoms with Crippen LogP contribution in [0, 0.1) is 0 Å². The topological polar surface area (TPSA) is 53.3 Å². The largest absolute Gasteiger partial charge is 0.281 e. The number of likely N-dealkylation sites (N-methyl/N-ethyl adjacent to an activating group) is 1. The molecule has 1 fully saturated rings. The van der Waals surface area contributed by atoms with Crippen LogP contribution < -0.4 is 0 Å². The third-order valence-electron chi connectivity index (χ3n) is 2.59. The Kier molecular flexibility index (Phi) is 3.22. The SMILES string of the molecule is CN(CCc1ccncc1)S(=O)(=O)N1CC1. The number of hydrogen-bond acceptors (Lipinski definition) is 3. The van der Waals surface area contributed by atoms with Crippen LogP contribution in [0.2, 0.25) is 0 Å². The summed E-state index contributed by atoms with van der Waals surface area (Å²) in [5.41, 5.74) is 1.10. The number of aromatic nitrogens is 1. The molecule has 0 bridgehead atoms. The van der Waals surface area contributed by atoms with Crippen molar-refractivity contribution in [3.05, 3.63) is 30.1 Å². The molecule has 0 atom stereocenters.